The fourth-order valence-electron chi connectivity index (χ4n) is 3.95. The van der Waals surface area contributed by atoms with Crippen molar-refractivity contribution in [2.45, 2.75) is 13.8 Å². The normalized spacial score (nSPS) is 10.6. The van der Waals surface area contributed by atoms with E-state index in [-0.39, 0.29) is 28.3 Å². The number of nitro groups is 1. The summed E-state index contributed by atoms with van der Waals surface area (Å²) in [7, 11) is 0. The third kappa shape index (κ3) is 7.82. The molecule has 44 heavy (non-hydrogen) atoms. The average Bonchev–Trinajstić information content (AvgIpc) is 3.03. The molecule has 0 saturated carbocycles. The van der Waals surface area contributed by atoms with Crippen molar-refractivity contribution in [1.82, 2.24) is 5.43 Å². The molecular weight excluding hydrogens is 568 g/mol. The van der Waals surface area contributed by atoms with Crippen LogP contribution in [0.25, 0.3) is 0 Å². The lowest BCUT2D eigenvalue weighted by molar-refractivity contribution is -0.385. The molecule has 0 aliphatic carbocycles. The lowest BCUT2D eigenvalue weighted by atomic mass is 10.1. The van der Waals surface area contributed by atoms with Gasteiger partial charge in [0.2, 0.25) is 5.75 Å². The summed E-state index contributed by atoms with van der Waals surface area (Å²) in [4.78, 5) is 49.0. The molecule has 2 amide bonds. The standard InChI is InChI=1S/C32H28N4O8/c1-3-42-27-18-15-23(19-28(27)43-4-2)32(39)44-29-24(11-8-12-26(29)36(40)41)20-33-35-31(38)22-13-16-25(17-14-22)34-30(37)21-9-6-5-7-10-21/h5-20H,3-4H2,1-2H3,(H,34,37)(H,35,38)/b33-20+. The molecule has 0 aromatic heterocycles. The second-order valence-corrected chi connectivity index (χ2v) is 8.97. The van der Waals surface area contributed by atoms with E-state index < -0.39 is 22.5 Å². The van der Waals surface area contributed by atoms with Crippen LogP contribution in [0.5, 0.6) is 17.2 Å². The molecule has 12 nitrogen and oxygen atoms in total. The summed E-state index contributed by atoms with van der Waals surface area (Å²) >= 11 is 0. The highest BCUT2D eigenvalue weighted by atomic mass is 16.6. The molecule has 224 valence electrons. The Labute approximate surface area is 252 Å². The number of nitrogens with zero attached hydrogens (tertiary/aromatic N) is 2. The number of carbonyl (C=O) groups is 3. The first-order valence-corrected chi connectivity index (χ1v) is 13.5. The highest BCUT2D eigenvalue weighted by Gasteiger charge is 2.23. The van der Waals surface area contributed by atoms with Crippen LogP contribution in [0.15, 0.2) is 96.1 Å². The maximum Gasteiger partial charge on any atom is 0.343 e. The molecule has 12 heteroatoms. The van der Waals surface area contributed by atoms with Crippen molar-refractivity contribution in [2.75, 3.05) is 18.5 Å². The Balaban J connectivity index is 1.47. The van der Waals surface area contributed by atoms with Gasteiger partial charge in [0.15, 0.2) is 11.5 Å². The maximum absolute atomic E-state index is 13.0. The first kappa shape index (κ1) is 30.9. The monoisotopic (exact) mass is 596 g/mol. The number of ether oxygens (including phenoxy) is 3. The second kappa shape index (κ2) is 14.7. The van der Waals surface area contributed by atoms with E-state index in [1.165, 1.54) is 42.5 Å². The predicted octanol–water partition coefficient (Wildman–Crippen LogP) is 5.63. The summed E-state index contributed by atoms with van der Waals surface area (Å²) in [5, 5.41) is 18.4. The molecule has 0 aliphatic heterocycles. The fraction of sp³-hybridized carbons (Fsp3) is 0.125. The van der Waals surface area contributed by atoms with Crippen LogP contribution in [0, 0.1) is 10.1 Å². The van der Waals surface area contributed by atoms with E-state index in [0.29, 0.717) is 36.0 Å². The number of carbonyl (C=O) groups excluding carboxylic acids is 3. The molecule has 4 rings (SSSR count). The number of hydrogen-bond donors (Lipinski definition) is 2. The van der Waals surface area contributed by atoms with Gasteiger partial charge in [0.25, 0.3) is 11.8 Å². The summed E-state index contributed by atoms with van der Waals surface area (Å²) in [5.41, 5.74) is 3.23. The van der Waals surface area contributed by atoms with Crippen LogP contribution >= 0.6 is 0 Å². The second-order valence-electron chi connectivity index (χ2n) is 8.97. The van der Waals surface area contributed by atoms with Crippen molar-refractivity contribution in [2.24, 2.45) is 5.10 Å². The Morgan fingerprint density at radius 3 is 2.14 bits per heavy atom. The molecular formula is C32H28N4O8. The zero-order valence-corrected chi connectivity index (χ0v) is 23.8. The van der Waals surface area contributed by atoms with Crippen molar-refractivity contribution in [3.05, 3.63) is 123 Å². The van der Waals surface area contributed by atoms with Crippen LogP contribution in [0.1, 0.15) is 50.5 Å². The lowest BCUT2D eigenvalue weighted by Gasteiger charge is -2.12. The molecule has 4 aromatic rings. The highest BCUT2D eigenvalue weighted by Crippen LogP contribution is 2.33. The summed E-state index contributed by atoms with van der Waals surface area (Å²) in [5.74, 6) is -1.34. The van der Waals surface area contributed by atoms with Gasteiger partial charge >= 0.3 is 11.7 Å². The van der Waals surface area contributed by atoms with Crippen molar-refractivity contribution in [3.8, 4) is 17.2 Å². The first-order chi connectivity index (χ1) is 21.3. The minimum Gasteiger partial charge on any atom is -0.490 e. The van der Waals surface area contributed by atoms with E-state index >= 15 is 0 Å². The zero-order valence-electron chi connectivity index (χ0n) is 23.8. The highest BCUT2D eigenvalue weighted by molar-refractivity contribution is 6.04. The Hall–Kier alpha value is -6.04. The quantitative estimate of drug-likeness (QED) is 0.0700. The van der Waals surface area contributed by atoms with Gasteiger partial charge in [-0.2, -0.15) is 5.10 Å². The molecule has 0 unspecified atom stereocenters. The third-order valence-electron chi connectivity index (χ3n) is 6.01. The predicted molar refractivity (Wildman–Crippen MR) is 163 cm³/mol. The van der Waals surface area contributed by atoms with Crippen molar-refractivity contribution < 1.29 is 33.5 Å². The van der Waals surface area contributed by atoms with Crippen LogP contribution in [-0.4, -0.2) is 42.1 Å². The van der Waals surface area contributed by atoms with E-state index in [1.54, 1.807) is 55.5 Å². The molecule has 0 bridgehead atoms. The minimum absolute atomic E-state index is 0.0720. The molecule has 0 radical (unpaired) electrons. The lowest BCUT2D eigenvalue weighted by Crippen LogP contribution is -2.18. The summed E-state index contributed by atoms with van der Waals surface area (Å²) in [6, 6.07) is 23.3. The van der Waals surface area contributed by atoms with E-state index in [2.05, 4.69) is 15.8 Å². The average molecular weight is 597 g/mol. The van der Waals surface area contributed by atoms with Crippen molar-refractivity contribution in [3.63, 3.8) is 0 Å². The van der Waals surface area contributed by atoms with Crippen LogP contribution in [0.3, 0.4) is 0 Å². The summed E-state index contributed by atoms with van der Waals surface area (Å²) in [6.07, 6.45) is 1.13. The van der Waals surface area contributed by atoms with Crippen LogP contribution in [-0.2, 0) is 0 Å². The summed E-state index contributed by atoms with van der Waals surface area (Å²) in [6.45, 7) is 4.30. The maximum atomic E-state index is 13.0. The van der Waals surface area contributed by atoms with E-state index in [0.717, 1.165) is 6.21 Å². The van der Waals surface area contributed by atoms with E-state index in [9.17, 15) is 24.5 Å². The van der Waals surface area contributed by atoms with Crippen LogP contribution in [0.2, 0.25) is 0 Å². The van der Waals surface area contributed by atoms with Crippen molar-refractivity contribution >= 4 is 35.4 Å². The number of esters is 1. The van der Waals surface area contributed by atoms with Crippen LogP contribution in [0.4, 0.5) is 11.4 Å². The van der Waals surface area contributed by atoms with E-state index in [1.807, 2.05) is 6.92 Å². The number of rotatable bonds is 12. The van der Waals surface area contributed by atoms with Gasteiger partial charge in [0.05, 0.1) is 29.9 Å². The Bertz CT molecular complexity index is 1690. The largest absolute Gasteiger partial charge is 0.490 e. The summed E-state index contributed by atoms with van der Waals surface area (Å²) < 4.78 is 16.5. The van der Waals surface area contributed by atoms with Gasteiger partial charge in [-0.3, -0.25) is 19.7 Å². The third-order valence-corrected chi connectivity index (χ3v) is 6.01. The molecule has 0 saturated heterocycles. The number of nitro benzene ring substituents is 1. The van der Waals surface area contributed by atoms with Gasteiger partial charge in [0.1, 0.15) is 0 Å². The number of benzene rings is 4. The van der Waals surface area contributed by atoms with Gasteiger partial charge in [0, 0.05) is 28.4 Å². The molecule has 0 spiro atoms. The van der Waals surface area contributed by atoms with Gasteiger partial charge in [-0.05, 0) is 74.5 Å². The van der Waals surface area contributed by atoms with Crippen molar-refractivity contribution in [1.29, 1.82) is 0 Å². The number of para-hydroxylation sites is 1. The fourth-order valence-corrected chi connectivity index (χ4v) is 3.95. The molecule has 4 aromatic carbocycles. The molecule has 0 fully saturated rings. The van der Waals surface area contributed by atoms with Crippen LogP contribution < -0.4 is 25.0 Å². The SMILES string of the molecule is CCOc1ccc(C(=O)Oc2c(/C=N/NC(=O)c3ccc(NC(=O)c4ccccc4)cc3)cccc2[N+](=O)[O-])cc1OCC. The molecule has 0 atom stereocenters. The molecule has 0 heterocycles. The molecule has 0 aliphatic rings. The Morgan fingerprint density at radius 2 is 1.45 bits per heavy atom. The van der Waals surface area contributed by atoms with Gasteiger partial charge < -0.3 is 19.5 Å². The number of anilines is 1. The Morgan fingerprint density at radius 1 is 0.795 bits per heavy atom. The first-order valence-electron chi connectivity index (χ1n) is 13.5. The number of hydrazone groups is 1. The Kier molecular flexibility index (Phi) is 10.3. The van der Waals surface area contributed by atoms with Gasteiger partial charge in [-0.1, -0.05) is 24.3 Å². The van der Waals surface area contributed by atoms with E-state index in [4.69, 9.17) is 14.2 Å². The minimum atomic E-state index is -0.874. The molecule has 2 N–H and O–H groups in total. The van der Waals surface area contributed by atoms with Gasteiger partial charge in [-0.15, -0.1) is 0 Å². The topological polar surface area (TPSA) is 158 Å². The zero-order chi connectivity index (χ0) is 31.5. The smallest absolute Gasteiger partial charge is 0.343 e. The number of hydrogen-bond acceptors (Lipinski definition) is 9. The van der Waals surface area contributed by atoms with Gasteiger partial charge in [-0.25, -0.2) is 10.2 Å². The number of nitrogens with one attached hydrogen (secondary N) is 2. The number of amides is 2.